The van der Waals surface area contributed by atoms with E-state index in [1.165, 1.54) is 18.2 Å². The van der Waals surface area contributed by atoms with Crippen molar-refractivity contribution in [1.82, 2.24) is 20.2 Å². The normalized spacial score (nSPS) is 16.8. The van der Waals surface area contributed by atoms with Crippen LogP contribution in [-0.2, 0) is 11.2 Å². The van der Waals surface area contributed by atoms with E-state index in [2.05, 4.69) is 26.1 Å². The molecule has 0 spiro atoms. The fourth-order valence-electron chi connectivity index (χ4n) is 3.74. The first-order valence-electron chi connectivity index (χ1n) is 10.3. The molecule has 1 aromatic carbocycles. The zero-order valence-corrected chi connectivity index (χ0v) is 18.2. The molecule has 1 aliphatic heterocycles. The van der Waals surface area contributed by atoms with Crippen LogP contribution in [0, 0.1) is 18.3 Å². The molecule has 1 saturated heterocycles. The number of nitrogens with one attached hydrogen (secondary N) is 2. The zero-order chi connectivity index (χ0) is 23.5. The number of imidazole rings is 1. The summed E-state index contributed by atoms with van der Waals surface area (Å²) < 4.78 is 41.5. The lowest BCUT2D eigenvalue weighted by atomic mass is 9.97. The van der Waals surface area contributed by atoms with Crippen LogP contribution in [0.2, 0.25) is 0 Å². The van der Waals surface area contributed by atoms with Gasteiger partial charge in [0.25, 0.3) is 0 Å². The van der Waals surface area contributed by atoms with E-state index in [0.717, 1.165) is 17.8 Å². The maximum absolute atomic E-state index is 12.5. The van der Waals surface area contributed by atoms with Crippen LogP contribution in [0.4, 0.5) is 13.2 Å². The first-order valence-corrected chi connectivity index (χ1v) is 10.3. The molecule has 32 heavy (non-hydrogen) atoms. The minimum Gasteiger partial charge on any atom is -0.406 e. The topological polar surface area (TPSA) is 94.0 Å². The summed E-state index contributed by atoms with van der Waals surface area (Å²) in [6.45, 7) is 6.43. The maximum atomic E-state index is 12.5. The van der Waals surface area contributed by atoms with Crippen LogP contribution in [0.15, 0.2) is 24.3 Å². The number of amides is 1. The quantitative estimate of drug-likeness (QED) is 0.672. The molecule has 10 heteroatoms. The van der Waals surface area contributed by atoms with Crippen LogP contribution < -0.4 is 10.1 Å². The van der Waals surface area contributed by atoms with Gasteiger partial charge in [-0.05, 0) is 45.7 Å². The number of aromatic nitrogens is 2. The number of H-pyrrole nitrogens is 1. The van der Waals surface area contributed by atoms with E-state index in [1.807, 2.05) is 20.8 Å². The molecule has 1 unspecified atom stereocenters. The van der Waals surface area contributed by atoms with E-state index < -0.39 is 11.9 Å². The van der Waals surface area contributed by atoms with Crippen molar-refractivity contribution in [2.45, 2.75) is 58.0 Å². The highest BCUT2D eigenvalue weighted by Gasteiger charge is 2.32. The second kappa shape index (κ2) is 9.20. The van der Waals surface area contributed by atoms with Gasteiger partial charge in [0.2, 0.25) is 5.91 Å². The molecule has 1 aromatic heterocycles. The van der Waals surface area contributed by atoms with Crippen molar-refractivity contribution < 1.29 is 22.7 Å². The lowest BCUT2D eigenvalue weighted by Gasteiger charge is -2.28. The Hall–Kier alpha value is -3.06. The number of halogens is 3. The molecule has 1 fully saturated rings. The summed E-state index contributed by atoms with van der Waals surface area (Å²) in [5, 5.41) is 12.4. The number of hydrogen-bond acceptors (Lipinski definition) is 5. The van der Waals surface area contributed by atoms with Gasteiger partial charge in [-0.15, -0.1) is 13.2 Å². The molecule has 2 heterocycles. The Morgan fingerprint density at radius 3 is 2.84 bits per heavy atom. The van der Waals surface area contributed by atoms with Crippen molar-refractivity contribution in [2.24, 2.45) is 0 Å². The van der Waals surface area contributed by atoms with Gasteiger partial charge in [0.05, 0.1) is 18.3 Å². The van der Waals surface area contributed by atoms with E-state index in [9.17, 15) is 18.0 Å². The monoisotopic (exact) mass is 449 g/mol. The van der Waals surface area contributed by atoms with Crippen molar-refractivity contribution in [3.8, 4) is 23.2 Å². The highest BCUT2D eigenvalue weighted by Crippen LogP contribution is 2.28. The van der Waals surface area contributed by atoms with Crippen LogP contribution in [0.1, 0.15) is 38.1 Å². The predicted octanol–water partition coefficient (Wildman–Crippen LogP) is 3.71. The Labute approximate surface area is 184 Å². The van der Waals surface area contributed by atoms with Gasteiger partial charge in [-0.25, -0.2) is 4.98 Å². The molecule has 2 aromatic rings. The lowest BCUT2D eigenvalue weighted by Crippen LogP contribution is -2.48. The number of alkyl halides is 3. The highest BCUT2D eigenvalue weighted by atomic mass is 19.4. The average molecular weight is 449 g/mol. The van der Waals surface area contributed by atoms with E-state index >= 15 is 0 Å². The Morgan fingerprint density at radius 1 is 1.41 bits per heavy atom. The molecule has 7 nitrogen and oxygen atoms in total. The molecule has 0 bridgehead atoms. The largest absolute Gasteiger partial charge is 0.573 e. The number of aryl methyl sites for hydroxylation is 1. The fraction of sp³-hybridized carbons (Fsp3) is 0.500. The summed E-state index contributed by atoms with van der Waals surface area (Å²) in [6, 6.07) is 7.43. The smallest absolute Gasteiger partial charge is 0.406 e. The fourth-order valence-corrected chi connectivity index (χ4v) is 3.74. The number of nitriles is 1. The van der Waals surface area contributed by atoms with Gasteiger partial charge in [-0.1, -0.05) is 12.1 Å². The van der Waals surface area contributed by atoms with Crippen molar-refractivity contribution in [1.29, 1.82) is 5.26 Å². The molecule has 2 N–H and O–H groups in total. The molecule has 1 amide bonds. The summed E-state index contributed by atoms with van der Waals surface area (Å²) in [6.07, 6.45) is -2.74. The molecule has 0 radical (unpaired) electrons. The van der Waals surface area contributed by atoms with Crippen molar-refractivity contribution >= 4 is 5.91 Å². The summed E-state index contributed by atoms with van der Waals surface area (Å²) in [4.78, 5) is 21.8. The molecule has 172 valence electrons. The van der Waals surface area contributed by atoms with Gasteiger partial charge in [0, 0.05) is 29.8 Å². The standard InChI is InChI=1S/C22H26F3N5O2/c1-14-18(11-21(2,3)27-13-19(31)30-9-5-7-16(30)12-26)29-20(28-14)15-6-4-8-17(10-15)32-22(23,24)25/h4,6,8,10,16,27H,5,7,9,11,13H2,1-3H3,(H,28,29). The van der Waals surface area contributed by atoms with Crippen LogP contribution >= 0.6 is 0 Å². The molecule has 3 rings (SSSR count). The molecule has 0 saturated carbocycles. The van der Waals surface area contributed by atoms with Gasteiger partial charge in [-0.2, -0.15) is 5.26 Å². The summed E-state index contributed by atoms with van der Waals surface area (Å²) in [5.74, 6) is 0.0117. The van der Waals surface area contributed by atoms with Gasteiger partial charge in [0.15, 0.2) is 0 Å². The van der Waals surface area contributed by atoms with Crippen LogP contribution in [-0.4, -0.2) is 51.8 Å². The van der Waals surface area contributed by atoms with Gasteiger partial charge in [0.1, 0.15) is 17.6 Å². The van der Waals surface area contributed by atoms with E-state index in [1.54, 1.807) is 11.0 Å². The van der Waals surface area contributed by atoms with E-state index in [4.69, 9.17) is 5.26 Å². The predicted molar refractivity (Wildman–Crippen MR) is 112 cm³/mol. The number of benzene rings is 1. The molecule has 1 aliphatic rings. The minimum absolute atomic E-state index is 0.108. The number of aromatic amines is 1. The number of hydrogen-bond donors (Lipinski definition) is 2. The molecular weight excluding hydrogens is 423 g/mol. The Kier molecular flexibility index (Phi) is 6.79. The Balaban J connectivity index is 1.66. The third-order valence-corrected chi connectivity index (χ3v) is 5.38. The van der Waals surface area contributed by atoms with Crippen LogP contribution in [0.5, 0.6) is 5.75 Å². The zero-order valence-electron chi connectivity index (χ0n) is 18.2. The number of carbonyl (C=O) groups excluding carboxylic acids is 1. The second-order valence-electron chi connectivity index (χ2n) is 8.52. The maximum Gasteiger partial charge on any atom is 0.573 e. The Bertz CT molecular complexity index is 1010. The highest BCUT2D eigenvalue weighted by molar-refractivity contribution is 5.79. The Morgan fingerprint density at radius 2 is 2.16 bits per heavy atom. The van der Waals surface area contributed by atoms with Crippen molar-refractivity contribution in [3.05, 3.63) is 35.7 Å². The number of nitrogens with zero attached hydrogens (tertiary/aromatic N) is 3. The minimum atomic E-state index is -4.77. The summed E-state index contributed by atoms with van der Waals surface area (Å²) >= 11 is 0. The van der Waals surface area contributed by atoms with Gasteiger partial charge >= 0.3 is 6.36 Å². The number of ether oxygens (including phenoxy) is 1. The summed E-state index contributed by atoms with van der Waals surface area (Å²) in [5.41, 5.74) is 1.52. The SMILES string of the molecule is Cc1[nH]c(-c2cccc(OC(F)(F)F)c2)nc1CC(C)(C)NCC(=O)N1CCCC1C#N. The van der Waals surface area contributed by atoms with Crippen LogP contribution in [0.3, 0.4) is 0 Å². The molecule has 0 aliphatic carbocycles. The second-order valence-corrected chi connectivity index (χ2v) is 8.52. The van der Waals surface area contributed by atoms with Crippen molar-refractivity contribution in [2.75, 3.05) is 13.1 Å². The lowest BCUT2D eigenvalue weighted by molar-refractivity contribution is -0.274. The van der Waals surface area contributed by atoms with Crippen molar-refractivity contribution in [3.63, 3.8) is 0 Å². The van der Waals surface area contributed by atoms with E-state index in [-0.39, 0.29) is 24.2 Å². The van der Waals surface area contributed by atoms with Gasteiger partial charge < -0.3 is 19.9 Å². The first-order chi connectivity index (χ1) is 15.0. The number of rotatable bonds is 7. The van der Waals surface area contributed by atoms with Crippen LogP contribution in [0.25, 0.3) is 11.4 Å². The first kappa shape index (κ1) is 23.6. The molecular formula is C22H26F3N5O2. The average Bonchev–Trinajstić information content (AvgIpc) is 3.32. The van der Waals surface area contributed by atoms with Gasteiger partial charge in [-0.3, -0.25) is 4.79 Å². The molecule has 1 atom stereocenters. The number of carbonyl (C=O) groups is 1. The number of likely N-dealkylation sites (tertiary alicyclic amines) is 1. The van der Waals surface area contributed by atoms with E-state index in [0.29, 0.717) is 30.8 Å². The summed E-state index contributed by atoms with van der Waals surface area (Å²) in [7, 11) is 0. The third kappa shape index (κ3) is 6.01. The third-order valence-electron chi connectivity index (χ3n) is 5.38.